The Morgan fingerprint density at radius 2 is 1.36 bits per heavy atom. The standard InChI is InChI=1S/C28H25N3O2/c1-22(20-24-14-7-3-8-15-24)21-26(30-27(32)25-17-9-4-10-18-25)28(33)31-29-19-11-16-23-12-5-2-6-13-23/h2-21H,1H3,(H,30,32)(H,31,33)/b16-11+,22-20+,26-21-,29-19+. The van der Waals surface area contributed by atoms with Crippen molar-refractivity contribution in [1.29, 1.82) is 0 Å². The number of nitrogens with zero attached hydrogens (tertiary/aromatic N) is 1. The summed E-state index contributed by atoms with van der Waals surface area (Å²) in [4.78, 5) is 25.4. The number of carbonyl (C=O) groups is 2. The van der Waals surface area contributed by atoms with Gasteiger partial charge >= 0.3 is 0 Å². The van der Waals surface area contributed by atoms with Gasteiger partial charge in [0.25, 0.3) is 11.8 Å². The van der Waals surface area contributed by atoms with E-state index in [4.69, 9.17) is 0 Å². The van der Waals surface area contributed by atoms with E-state index in [9.17, 15) is 9.59 Å². The molecule has 0 aromatic heterocycles. The molecule has 3 rings (SSSR count). The lowest BCUT2D eigenvalue weighted by molar-refractivity contribution is -0.117. The van der Waals surface area contributed by atoms with E-state index in [0.717, 1.165) is 16.7 Å². The maximum Gasteiger partial charge on any atom is 0.287 e. The molecule has 5 heteroatoms. The van der Waals surface area contributed by atoms with Crippen LogP contribution >= 0.6 is 0 Å². The molecule has 164 valence electrons. The highest BCUT2D eigenvalue weighted by Crippen LogP contribution is 2.10. The van der Waals surface area contributed by atoms with Crippen molar-refractivity contribution in [3.63, 3.8) is 0 Å². The smallest absolute Gasteiger partial charge is 0.287 e. The van der Waals surface area contributed by atoms with E-state index in [0.29, 0.717) is 5.56 Å². The fourth-order valence-electron chi connectivity index (χ4n) is 2.94. The number of benzene rings is 3. The van der Waals surface area contributed by atoms with Crippen molar-refractivity contribution >= 4 is 30.2 Å². The number of hydrogen-bond donors (Lipinski definition) is 2. The van der Waals surface area contributed by atoms with Crippen LogP contribution in [-0.4, -0.2) is 18.0 Å². The van der Waals surface area contributed by atoms with Gasteiger partial charge in [0.05, 0.1) is 0 Å². The highest BCUT2D eigenvalue weighted by Gasteiger charge is 2.14. The zero-order valence-corrected chi connectivity index (χ0v) is 18.3. The zero-order valence-electron chi connectivity index (χ0n) is 18.3. The van der Waals surface area contributed by atoms with Gasteiger partial charge in [0.15, 0.2) is 0 Å². The zero-order chi connectivity index (χ0) is 23.3. The normalized spacial score (nSPS) is 12.2. The molecule has 0 fully saturated rings. The molecule has 0 atom stereocenters. The third kappa shape index (κ3) is 7.92. The Kier molecular flexibility index (Phi) is 8.68. The van der Waals surface area contributed by atoms with Crippen LogP contribution in [-0.2, 0) is 4.79 Å². The maximum absolute atomic E-state index is 12.8. The fraction of sp³-hybridized carbons (Fsp3) is 0.0357. The minimum absolute atomic E-state index is 0.0951. The molecular weight excluding hydrogens is 410 g/mol. The van der Waals surface area contributed by atoms with Gasteiger partial charge < -0.3 is 5.32 Å². The van der Waals surface area contributed by atoms with E-state index in [1.807, 2.05) is 85.8 Å². The summed E-state index contributed by atoms with van der Waals surface area (Å²) in [5.74, 6) is -0.901. The van der Waals surface area contributed by atoms with Crippen LogP contribution in [0.25, 0.3) is 12.2 Å². The minimum Gasteiger partial charge on any atom is -0.317 e. The lowest BCUT2D eigenvalue weighted by Crippen LogP contribution is -2.33. The first-order valence-corrected chi connectivity index (χ1v) is 10.5. The summed E-state index contributed by atoms with van der Waals surface area (Å²) >= 11 is 0. The molecule has 2 N–H and O–H groups in total. The highest BCUT2D eigenvalue weighted by atomic mass is 16.2. The third-order valence-corrected chi connectivity index (χ3v) is 4.51. The van der Waals surface area contributed by atoms with Crippen molar-refractivity contribution < 1.29 is 9.59 Å². The monoisotopic (exact) mass is 435 g/mol. The Bertz CT molecular complexity index is 1180. The summed E-state index contributed by atoms with van der Waals surface area (Å²) in [5.41, 5.74) is 5.82. The predicted octanol–water partition coefficient (Wildman–Crippen LogP) is 5.22. The van der Waals surface area contributed by atoms with E-state index in [1.54, 1.807) is 36.4 Å². The second-order valence-electron chi connectivity index (χ2n) is 7.17. The molecule has 0 saturated carbocycles. The van der Waals surface area contributed by atoms with Crippen LogP contribution in [0.4, 0.5) is 0 Å². The average molecular weight is 436 g/mol. The van der Waals surface area contributed by atoms with Crippen LogP contribution in [0.1, 0.15) is 28.4 Å². The van der Waals surface area contributed by atoms with Gasteiger partial charge in [0, 0.05) is 11.8 Å². The Morgan fingerprint density at radius 1 is 0.788 bits per heavy atom. The van der Waals surface area contributed by atoms with Gasteiger partial charge in [-0.05, 0) is 47.9 Å². The lowest BCUT2D eigenvalue weighted by atomic mass is 10.1. The molecule has 0 unspecified atom stereocenters. The van der Waals surface area contributed by atoms with Gasteiger partial charge in [0.1, 0.15) is 5.70 Å². The Hall–Kier alpha value is -4.51. The van der Waals surface area contributed by atoms with Crippen LogP contribution < -0.4 is 10.7 Å². The number of hydrazone groups is 1. The summed E-state index contributed by atoms with van der Waals surface area (Å²) in [7, 11) is 0. The van der Waals surface area contributed by atoms with E-state index in [-0.39, 0.29) is 11.6 Å². The molecule has 3 aromatic rings. The molecule has 5 nitrogen and oxygen atoms in total. The maximum atomic E-state index is 12.8. The summed E-state index contributed by atoms with van der Waals surface area (Å²) < 4.78 is 0. The largest absolute Gasteiger partial charge is 0.317 e. The molecule has 0 aliphatic rings. The van der Waals surface area contributed by atoms with Gasteiger partial charge in [-0.15, -0.1) is 0 Å². The van der Waals surface area contributed by atoms with E-state index in [2.05, 4.69) is 15.8 Å². The van der Waals surface area contributed by atoms with E-state index < -0.39 is 5.91 Å². The quantitative estimate of drug-likeness (QED) is 0.220. The van der Waals surface area contributed by atoms with Crippen molar-refractivity contribution in [2.75, 3.05) is 0 Å². The van der Waals surface area contributed by atoms with Crippen LogP contribution in [0.5, 0.6) is 0 Å². The molecule has 33 heavy (non-hydrogen) atoms. The van der Waals surface area contributed by atoms with Crippen molar-refractivity contribution in [1.82, 2.24) is 10.7 Å². The van der Waals surface area contributed by atoms with Gasteiger partial charge in [0.2, 0.25) is 0 Å². The van der Waals surface area contributed by atoms with Gasteiger partial charge in [-0.1, -0.05) is 91.0 Å². The number of hydrogen-bond acceptors (Lipinski definition) is 3. The molecule has 0 spiro atoms. The van der Waals surface area contributed by atoms with Crippen molar-refractivity contribution in [3.05, 3.63) is 131 Å². The summed E-state index contributed by atoms with van der Waals surface area (Å²) in [6, 6.07) is 28.2. The third-order valence-electron chi connectivity index (χ3n) is 4.51. The van der Waals surface area contributed by atoms with Crippen molar-refractivity contribution in [2.45, 2.75) is 6.92 Å². The fourth-order valence-corrected chi connectivity index (χ4v) is 2.94. The Labute approximate surface area is 193 Å². The van der Waals surface area contributed by atoms with Gasteiger partial charge in [-0.3, -0.25) is 9.59 Å². The topological polar surface area (TPSA) is 70.6 Å². The van der Waals surface area contributed by atoms with Crippen molar-refractivity contribution in [2.24, 2.45) is 5.10 Å². The van der Waals surface area contributed by atoms with Crippen LogP contribution in [0.2, 0.25) is 0 Å². The molecule has 0 aliphatic carbocycles. The summed E-state index contributed by atoms with van der Waals surface area (Å²) in [5, 5.41) is 6.65. The Morgan fingerprint density at radius 3 is 2.00 bits per heavy atom. The number of nitrogens with one attached hydrogen (secondary N) is 2. The molecule has 2 amide bonds. The molecule has 0 saturated heterocycles. The SMILES string of the molecule is CC(/C=C(\NC(=O)c1ccccc1)C(=O)N/N=C/C=C/c1ccccc1)=C\c1ccccc1. The first-order chi connectivity index (χ1) is 16.1. The molecule has 0 aliphatic heterocycles. The van der Waals surface area contributed by atoms with Gasteiger partial charge in [-0.25, -0.2) is 5.43 Å². The minimum atomic E-state index is -0.524. The predicted molar refractivity (Wildman–Crippen MR) is 134 cm³/mol. The first kappa shape index (κ1) is 23.2. The number of amides is 2. The molecule has 3 aromatic carbocycles. The van der Waals surface area contributed by atoms with Crippen LogP contribution in [0.3, 0.4) is 0 Å². The summed E-state index contributed by atoms with van der Waals surface area (Å²) in [6.45, 7) is 1.86. The average Bonchev–Trinajstić information content (AvgIpc) is 2.85. The molecule has 0 heterocycles. The second-order valence-corrected chi connectivity index (χ2v) is 7.17. The van der Waals surface area contributed by atoms with Crippen molar-refractivity contribution in [3.8, 4) is 0 Å². The lowest BCUT2D eigenvalue weighted by Gasteiger charge is -2.09. The van der Waals surface area contributed by atoms with Crippen LogP contribution in [0, 0.1) is 0 Å². The molecule has 0 radical (unpaired) electrons. The van der Waals surface area contributed by atoms with E-state index in [1.165, 1.54) is 6.21 Å². The van der Waals surface area contributed by atoms with Gasteiger partial charge in [-0.2, -0.15) is 5.10 Å². The van der Waals surface area contributed by atoms with Crippen LogP contribution in [0.15, 0.2) is 120 Å². The Balaban J connectivity index is 1.74. The van der Waals surface area contributed by atoms with E-state index >= 15 is 0 Å². The summed E-state index contributed by atoms with van der Waals surface area (Å²) in [6.07, 6.45) is 8.62. The number of allylic oxidation sites excluding steroid dienone is 3. The number of rotatable bonds is 8. The first-order valence-electron chi connectivity index (χ1n) is 10.5. The molecule has 0 bridgehead atoms. The second kappa shape index (κ2) is 12.4. The molecular formula is C28H25N3O2. The number of carbonyl (C=O) groups excluding carboxylic acids is 2. The highest BCUT2D eigenvalue weighted by molar-refractivity contribution is 6.03.